The fraction of sp³-hybridized carbons (Fsp3) is 0.524. The highest BCUT2D eigenvalue weighted by atomic mass is 16.2. The van der Waals surface area contributed by atoms with Crippen molar-refractivity contribution in [3.05, 3.63) is 54.1 Å². The third-order valence-electron chi connectivity index (χ3n) is 5.38. The molecule has 1 aromatic heterocycles. The van der Waals surface area contributed by atoms with Crippen molar-refractivity contribution in [3.8, 4) is 0 Å². The van der Waals surface area contributed by atoms with E-state index >= 15 is 0 Å². The first-order valence-electron chi connectivity index (χ1n) is 9.87. The minimum Gasteiger partial charge on any atom is -0.348 e. The van der Waals surface area contributed by atoms with Crippen molar-refractivity contribution in [2.45, 2.75) is 45.9 Å². The zero-order valence-electron chi connectivity index (χ0n) is 16.6. The first kappa shape index (κ1) is 19.6. The van der Waals surface area contributed by atoms with Crippen molar-refractivity contribution >= 4 is 5.91 Å². The Bertz CT molecular complexity index is 729. The fourth-order valence-electron chi connectivity index (χ4n) is 3.73. The normalized spacial score (nSPS) is 19.7. The molecule has 1 fully saturated rings. The molecule has 3 rings (SSSR count). The van der Waals surface area contributed by atoms with Crippen molar-refractivity contribution in [1.29, 1.82) is 0 Å². The van der Waals surface area contributed by atoms with E-state index in [4.69, 9.17) is 0 Å². The van der Waals surface area contributed by atoms with Crippen LogP contribution in [-0.4, -0.2) is 57.5 Å². The summed E-state index contributed by atoms with van der Waals surface area (Å²) in [5.41, 5.74) is 1.13. The molecule has 0 bridgehead atoms. The number of hydrogen-bond donors (Lipinski definition) is 1. The van der Waals surface area contributed by atoms with E-state index in [1.165, 1.54) is 0 Å². The Balaban J connectivity index is 1.47. The molecule has 1 aromatic carbocycles. The number of aromatic nitrogens is 2. The van der Waals surface area contributed by atoms with Gasteiger partial charge in [-0.25, -0.2) is 4.98 Å². The zero-order valence-corrected chi connectivity index (χ0v) is 16.6. The number of imidazole rings is 1. The number of hydrogen-bond acceptors (Lipinski definition) is 4. The van der Waals surface area contributed by atoms with Gasteiger partial charge in [-0.05, 0) is 26.3 Å². The van der Waals surface area contributed by atoms with Gasteiger partial charge >= 0.3 is 0 Å². The highest BCUT2D eigenvalue weighted by Crippen LogP contribution is 2.14. The van der Waals surface area contributed by atoms with Crippen molar-refractivity contribution in [2.24, 2.45) is 0 Å². The molecule has 2 atom stereocenters. The van der Waals surface area contributed by atoms with Crippen LogP contribution >= 0.6 is 0 Å². The summed E-state index contributed by atoms with van der Waals surface area (Å²) in [4.78, 5) is 21.6. The average Bonchev–Trinajstić information content (AvgIpc) is 3.11. The number of aryl methyl sites for hydroxylation is 1. The summed E-state index contributed by atoms with van der Waals surface area (Å²) in [6.07, 6.45) is 3.91. The molecule has 27 heavy (non-hydrogen) atoms. The maximum Gasteiger partial charge on any atom is 0.234 e. The van der Waals surface area contributed by atoms with Gasteiger partial charge < -0.3 is 9.88 Å². The predicted octanol–water partition coefficient (Wildman–Crippen LogP) is 2.29. The molecule has 1 N–H and O–H groups in total. The minimum absolute atomic E-state index is 0.0327. The summed E-state index contributed by atoms with van der Waals surface area (Å²) in [6.45, 7) is 11.4. The van der Waals surface area contributed by atoms with Gasteiger partial charge in [-0.3, -0.25) is 14.6 Å². The van der Waals surface area contributed by atoms with E-state index in [0.717, 1.165) is 44.1 Å². The number of nitrogens with zero attached hydrogens (tertiary/aromatic N) is 4. The maximum atomic E-state index is 12.4. The Hall–Kier alpha value is -2.18. The Kier molecular flexibility index (Phi) is 6.63. The molecule has 0 aliphatic carbocycles. The SMILES string of the molecule is CCn1ccnc1CN1CCN(CC(=O)NC(C)c2ccccc2)CC1C. The van der Waals surface area contributed by atoms with E-state index < -0.39 is 0 Å². The number of carbonyl (C=O) groups excluding carboxylic acids is 1. The Morgan fingerprint density at radius 1 is 1.30 bits per heavy atom. The van der Waals surface area contributed by atoms with E-state index in [0.29, 0.717) is 12.6 Å². The molecule has 1 aliphatic rings. The lowest BCUT2D eigenvalue weighted by molar-refractivity contribution is -0.123. The summed E-state index contributed by atoms with van der Waals surface area (Å²) < 4.78 is 2.19. The van der Waals surface area contributed by atoms with Gasteiger partial charge in [-0.15, -0.1) is 0 Å². The minimum atomic E-state index is 0.0327. The van der Waals surface area contributed by atoms with E-state index in [1.807, 2.05) is 49.6 Å². The molecule has 2 aromatic rings. The van der Waals surface area contributed by atoms with Crippen LogP contribution < -0.4 is 5.32 Å². The molecule has 6 heteroatoms. The van der Waals surface area contributed by atoms with Crippen LogP contribution in [0.25, 0.3) is 0 Å². The topological polar surface area (TPSA) is 53.4 Å². The molecule has 146 valence electrons. The second-order valence-corrected chi connectivity index (χ2v) is 7.38. The first-order chi connectivity index (χ1) is 13.1. The van der Waals surface area contributed by atoms with Crippen molar-refractivity contribution < 1.29 is 4.79 Å². The van der Waals surface area contributed by atoms with Crippen LogP contribution in [0, 0.1) is 0 Å². The third-order valence-corrected chi connectivity index (χ3v) is 5.38. The Morgan fingerprint density at radius 2 is 2.07 bits per heavy atom. The van der Waals surface area contributed by atoms with Crippen LogP contribution in [0.4, 0.5) is 0 Å². The van der Waals surface area contributed by atoms with Gasteiger partial charge in [0.25, 0.3) is 0 Å². The highest BCUT2D eigenvalue weighted by Gasteiger charge is 2.26. The molecule has 0 saturated carbocycles. The smallest absolute Gasteiger partial charge is 0.234 e. The summed E-state index contributed by atoms with van der Waals surface area (Å²) in [5.74, 6) is 1.21. The molecule has 1 amide bonds. The van der Waals surface area contributed by atoms with Gasteiger partial charge in [0.05, 0.1) is 19.1 Å². The van der Waals surface area contributed by atoms with Crippen LogP contribution in [0.2, 0.25) is 0 Å². The number of amides is 1. The fourth-order valence-corrected chi connectivity index (χ4v) is 3.73. The number of carbonyl (C=O) groups is 1. The molecule has 0 spiro atoms. The number of nitrogens with one attached hydrogen (secondary N) is 1. The van der Waals surface area contributed by atoms with Gasteiger partial charge in [0, 0.05) is 44.6 Å². The second kappa shape index (κ2) is 9.15. The van der Waals surface area contributed by atoms with Crippen LogP contribution in [0.1, 0.15) is 38.2 Å². The lowest BCUT2D eigenvalue weighted by Crippen LogP contribution is -2.53. The average molecular weight is 370 g/mol. The van der Waals surface area contributed by atoms with E-state index in [2.05, 4.69) is 38.5 Å². The lowest BCUT2D eigenvalue weighted by atomic mass is 10.1. The van der Waals surface area contributed by atoms with E-state index in [1.54, 1.807) is 0 Å². The van der Waals surface area contributed by atoms with Crippen LogP contribution in [0.15, 0.2) is 42.7 Å². The molecule has 2 unspecified atom stereocenters. The highest BCUT2D eigenvalue weighted by molar-refractivity contribution is 5.78. The summed E-state index contributed by atoms with van der Waals surface area (Å²) >= 11 is 0. The largest absolute Gasteiger partial charge is 0.348 e. The summed E-state index contributed by atoms with van der Waals surface area (Å²) in [7, 11) is 0. The number of rotatable bonds is 7. The van der Waals surface area contributed by atoms with Crippen LogP contribution in [0.3, 0.4) is 0 Å². The van der Waals surface area contributed by atoms with Crippen molar-refractivity contribution in [2.75, 3.05) is 26.2 Å². The monoisotopic (exact) mass is 369 g/mol. The number of piperazine rings is 1. The van der Waals surface area contributed by atoms with Gasteiger partial charge in [-0.2, -0.15) is 0 Å². The van der Waals surface area contributed by atoms with Crippen molar-refractivity contribution in [3.63, 3.8) is 0 Å². The van der Waals surface area contributed by atoms with E-state index in [-0.39, 0.29) is 11.9 Å². The molecular weight excluding hydrogens is 338 g/mol. The van der Waals surface area contributed by atoms with Crippen LogP contribution in [0.5, 0.6) is 0 Å². The third kappa shape index (κ3) is 5.17. The molecule has 6 nitrogen and oxygen atoms in total. The molecule has 1 saturated heterocycles. The van der Waals surface area contributed by atoms with Crippen LogP contribution in [-0.2, 0) is 17.9 Å². The van der Waals surface area contributed by atoms with E-state index in [9.17, 15) is 4.79 Å². The van der Waals surface area contributed by atoms with Gasteiger partial charge in [0.15, 0.2) is 0 Å². The van der Waals surface area contributed by atoms with Crippen molar-refractivity contribution in [1.82, 2.24) is 24.7 Å². The molecule has 1 aliphatic heterocycles. The Morgan fingerprint density at radius 3 is 2.78 bits per heavy atom. The van der Waals surface area contributed by atoms with Gasteiger partial charge in [0.2, 0.25) is 5.91 Å². The summed E-state index contributed by atoms with van der Waals surface area (Å²) in [5, 5.41) is 3.11. The first-order valence-corrected chi connectivity index (χ1v) is 9.87. The Labute approximate surface area is 162 Å². The number of benzene rings is 1. The zero-order chi connectivity index (χ0) is 19.2. The summed E-state index contributed by atoms with van der Waals surface area (Å²) in [6, 6.07) is 10.5. The molecule has 2 heterocycles. The quantitative estimate of drug-likeness (QED) is 0.814. The second-order valence-electron chi connectivity index (χ2n) is 7.38. The maximum absolute atomic E-state index is 12.4. The predicted molar refractivity (Wildman–Crippen MR) is 107 cm³/mol. The molecule has 0 radical (unpaired) electrons. The van der Waals surface area contributed by atoms with Gasteiger partial charge in [0.1, 0.15) is 5.82 Å². The van der Waals surface area contributed by atoms with Gasteiger partial charge in [-0.1, -0.05) is 30.3 Å². The molecular formula is C21H31N5O. The lowest BCUT2D eigenvalue weighted by Gasteiger charge is -2.39. The standard InChI is InChI=1S/C21H31N5O/c1-4-25-11-10-22-20(25)15-26-13-12-24(14-17(26)2)16-21(27)23-18(3)19-8-6-5-7-9-19/h5-11,17-18H,4,12-16H2,1-3H3,(H,23,27).